The Hall–Kier alpha value is -1.10. The molecule has 0 radical (unpaired) electrons. The second-order valence-electron chi connectivity index (χ2n) is 6.43. The van der Waals surface area contributed by atoms with E-state index >= 15 is 0 Å². The first-order chi connectivity index (χ1) is 9.97. The molecule has 2 heterocycles. The normalized spacial score (nSPS) is 35.0. The summed E-state index contributed by atoms with van der Waals surface area (Å²) >= 11 is 0. The molecular weight excluding hydrogens is 268 g/mol. The van der Waals surface area contributed by atoms with Gasteiger partial charge in [0.05, 0.1) is 12.2 Å². The highest BCUT2D eigenvalue weighted by Gasteiger charge is 2.42. The molecular formula is C16H28N2O3. The zero-order valence-corrected chi connectivity index (χ0v) is 13.6. The lowest BCUT2D eigenvalue weighted by Crippen LogP contribution is -2.65. The predicted octanol–water partition coefficient (Wildman–Crippen LogP) is 1.71. The minimum Gasteiger partial charge on any atom is -0.373 e. The molecule has 0 bridgehead atoms. The van der Waals surface area contributed by atoms with Crippen molar-refractivity contribution in [2.75, 3.05) is 6.54 Å². The highest BCUT2D eigenvalue weighted by atomic mass is 16.5. The van der Waals surface area contributed by atoms with E-state index in [0.717, 1.165) is 19.3 Å². The van der Waals surface area contributed by atoms with Crippen molar-refractivity contribution < 1.29 is 14.3 Å². The maximum absolute atomic E-state index is 12.8. The van der Waals surface area contributed by atoms with Crippen molar-refractivity contribution in [1.29, 1.82) is 0 Å². The number of rotatable bonds is 5. The van der Waals surface area contributed by atoms with Gasteiger partial charge < -0.3 is 15.0 Å². The molecule has 2 saturated heterocycles. The number of amides is 2. The third kappa shape index (κ3) is 3.39. The summed E-state index contributed by atoms with van der Waals surface area (Å²) in [7, 11) is 0. The van der Waals surface area contributed by atoms with Crippen LogP contribution in [0.5, 0.6) is 0 Å². The molecule has 0 aromatic rings. The zero-order chi connectivity index (χ0) is 15.6. The molecule has 0 saturated carbocycles. The number of ether oxygens (including phenoxy) is 1. The monoisotopic (exact) mass is 296 g/mol. The molecule has 2 aliphatic rings. The van der Waals surface area contributed by atoms with Crippen LogP contribution < -0.4 is 5.32 Å². The van der Waals surface area contributed by atoms with Crippen LogP contribution in [0.3, 0.4) is 0 Å². The highest BCUT2D eigenvalue weighted by Crippen LogP contribution is 2.24. The molecule has 2 amide bonds. The number of piperazine rings is 1. The molecule has 2 fully saturated rings. The van der Waals surface area contributed by atoms with E-state index in [1.54, 1.807) is 4.90 Å². The van der Waals surface area contributed by atoms with Crippen LogP contribution in [0.15, 0.2) is 0 Å². The van der Waals surface area contributed by atoms with Crippen molar-refractivity contribution in [3.63, 3.8) is 0 Å². The number of carbonyl (C=O) groups excluding carboxylic acids is 2. The molecule has 0 spiro atoms. The summed E-state index contributed by atoms with van der Waals surface area (Å²) in [6.45, 7) is 8.61. The lowest BCUT2D eigenvalue weighted by atomic mass is 9.93. The average Bonchev–Trinajstić information content (AvgIpc) is 2.87. The standard InChI is InChI=1S/C16H28N2O3/c1-5-10(3)14-16(20)18(13(6-2)15(19)17-14)9-12-8-7-11(4)21-12/h10-14H,5-9H2,1-4H3,(H,17,19). The second-order valence-corrected chi connectivity index (χ2v) is 6.43. The number of hydrogen-bond donors (Lipinski definition) is 1. The van der Waals surface area contributed by atoms with Crippen LogP contribution in [-0.4, -0.2) is 47.6 Å². The Bertz CT molecular complexity index is 399. The molecule has 21 heavy (non-hydrogen) atoms. The van der Waals surface area contributed by atoms with Crippen molar-refractivity contribution in [1.82, 2.24) is 10.2 Å². The quantitative estimate of drug-likeness (QED) is 0.840. The van der Waals surface area contributed by atoms with Gasteiger partial charge in [0.25, 0.3) is 0 Å². The van der Waals surface area contributed by atoms with Crippen LogP contribution in [-0.2, 0) is 14.3 Å². The van der Waals surface area contributed by atoms with E-state index in [2.05, 4.69) is 12.2 Å². The Balaban J connectivity index is 2.12. The number of carbonyl (C=O) groups is 2. The number of nitrogens with one attached hydrogen (secondary N) is 1. The summed E-state index contributed by atoms with van der Waals surface area (Å²) in [5.41, 5.74) is 0. The molecule has 0 aromatic heterocycles. The Morgan fingerprint density at radius 1 is 1.33 bits per heavy atom. The van der Waals surface area contributed by atoms with Gasteiger partial charge in [-0.3, -0.25) is 9.59 Å². The van der Waals surface area contributed by atoms with E-state index in [1.807, 2.05) is 20.8 Å². The fourth-order valence-corrected chi connectivity index (χ4v) is 3.27. The maximum Gasteiger partial charge on any atom is 0.246 e. The SMILES string of the molecule is CCC(C)C1NC(=O)C(CC)N(CC2CCC(C)O2)C1=O. The fraction of sp³-hybridized carbons (Fsp3) is 0.875. The van der Waals surface area contributed by atoms with Crippen molar-refractivity contribution in [3.8, 4) is 0 Å². The van der Waals surface area contributed by atoms with Gasteiger partial charge in [0.1, 0.15) is 12.1 Å². The highest BCUT2D eigenvalue weighted by molar-refractivity contribution is 5.97. The van der Waals surface area contributed by atoms with Crippen LogP contribution in [0.2, 0.25) is 0 Å². The van der Waals surface area contributed by atoms with E-state index in [9.17, 15) is 9.59 Å². The third-order valence-electron chi connectivity index (χ3n) is 4.85. The lowest BCUT2D eigenvalue weighted by Gasteiger charge is -2.41. The van der Waals surface area contributed by atoms with E-state index in [0.29, 0.717) is 13.0 Å². The van der Waals surface area contributed by atoms with Crippen molar-refractivity contribution >= 4 is 11.8 Å². The summed E-state index contributed by atoms with van der Waals surface area (Å²) in [5, 5.41) is 2.91. The van der Waals surface area contributed by atoms with Crippen LogP contribution >= 0.6 is 0 Å². The molecule has 5 nitrogen and oxygen atoms in total. The average molecular weight is 296 g/mol. The summed E-state index contributed by atoms with van der Waals surface area (Å²) in [6, 6.07) is -0.735. The predicted molar refractivity (Wildman–Crippen MR) is 80.7 cm³/mol. The first kappa shape index (κ1) is 16.3. The van der Waals surface area contributed by atoms with E-state index in [-0.39, 0.29) is 42.0 Å². The molecule has 120 valence electrons. The van der Waals surface area contributed by atoms with Gasteiger partial charge in [-0.1, -0.05) is 27.2 Å². The molecule has 5 unspecified atom stereocenters. The van der Waals surface area contributed by atoms with Gasteiger partial charge in [0.2, 0.25) is 11.8 Å². The number of hydrogen-bond acceptors (Lipinski definition) is 3. The first-order valence-corrected chi connectivity index (χ1v) is 8.24. The van der Waals surface area contributed by atoms with Gasteiger partial charge in [-0.25, -0.2) is 0 Å². The smallest absolute Gasteiger partial charge is 0.246 e. The van der Waals surface area contributed by atoms with E-state index < -0.39 is 0 Å². The van der Waals surface area contributed by atoms with Crippen LogP contribution in [0.25, 0.3) is 0 Å². The second kappa shape index (κ2) is 6.77. The minimum atomic E-state index is -0.385. The first-order valence-electron chi connectivity index (χ1n) is 8.24. The van der Waals surface area contributed by atoms with E-state index in [4.69, 9.17) is 4.74 Å². The summed E-state index contributed by atoms with van der Waals surface area (Å²) in [5.74, 6) is 0.192. The Kier molecular flexibility index (Phi) is 5.25. The molecule has 0 aliphatic carbocycles. The van der Waals surface area contributed by atoms with Crippen molar-refractivity contribution in [3.05, 3.63) is 0 Å². The summed E-state index contributed by atoms with van der Waals surface area (Å²) in [4.78, 5) is 26.8. The maximum atomic E-state index is 12.8. The van der Waals surface area contributed by atoms with Gasteiger partial charge in [-0.2, -0.15) is 0 Å². The van der Waals surface area contributed by atoms with E-state index in [1.165, 1.54) is 0 Å². The molecule has 5 atom stereocenters. The Morgan fingerprint density at radius 2 is 2.05 bits per heavy atom. The summed E-state index contributed by atoms with van der Waals surface area (Å²) in [6.07, 6.45) is 3.85. The number of nitrogens with zero attached hydrogens (tertiary/aromatic N) is 1. The fourth-order valence-electron chi connectivity index (χ4n) is 3.27. The van der Waals surface area contributed by atoms with Gasteiger partial charge in [0.15, 0.2) is 0 Å². The Morgan fingerprint density at radius 3 is 2.57 bits per heavy atom. The largest absolute Gasteiger partial charge is 0.373 e. The third-order valence-corrected chi connectivity index (χ3v) is 4.85. The molecule has 5 heteroatoms. The van der Waals surface area contributed by atoms with Crippen LogP contribution in [0.1, 0.15) is 53.4 Å². The lowest BCUT2D eigenvalue weighted by molar-refractivity contribution is -0.153. The topological polar surface area (TPSA) is 58.6 Å². The van der Waals surface area contributed by atoms with Crippen LogP contribution in [0.4, 0.5) is 0 Å². The minimum absolute atomic E-state index is 0.0200. The molecule has 0 aromatic carbocycles. The van der Waals surface area contributed by atoms with Crippen LogP contribution in [0, 0.1) is 5.92 Å². The Labute approximate surface area is 127 Å². The molecule has 2 rings (SSSR count). The van der Waals surface area contributed by atoms with Gasteiger partial charge in [0, 0.05) is 6.54 Å². The van der Waals surface area contributed by atoms with Crippen molar-refractivity contribution in [2.24, 2.45) is 5.92 Å². The zero-order valence-electron chi connectivity index (χ0n) is 13.6. The van der Waals surface area contributed by atoms with Gasteiger partial charge >= 0.3 is 0 Å². The van der Waals surface area contributed by atoms with Crippen molar-refractivity contribution in [2.45, 2.75) is 77.7 Å². The molecule has 1 N–H and O–H groups in total. The van der Waals surface area contributed by atoms with Gasteiger partial charge in [-0.15, -0.1) is 0 Å². The molecule has 2 aliphatic heterocycles. The van der Waals surface area contributed by atoms with Gasteiger partial charge in [-0.05, 0) is 32.1 Å². The summed E-state index contributed by atoms with van der Waals surface area (Å²) < 4.78 is 5.84.